The normalized spacial score (nSPS) is 12.3. The molecule has 134 valence electrons. The molecular weight excluding hydrogens is 357 g/mol. The van der Waals surface area contributed by atoms with Crippen LogP contribution in [-0.4, -0.2) is 28.1 Å². The van der Waals surface area contributed by atoms with Gasteiger partial charge in [-0.3, -0.25) is 14.9 Å². The molecule has 2 rings (SSSR count). The summed E-state index contributed by atoms with van der Waals surface area (Å²) in [6, 6.07) is 4.35. The van der Waals surface area contributed by atoms with Gasteiger partial charge in [-0.25, -0.2) is 13.2 Å². The predicted molar refractivity (Wildman–Crippen MR) is 86.0 cm³/mol. The van der Waals surface area contributed by atoms with E-state index in [1.165, 1.54) is 18.2 Å². The fourth-order valence-corrected chi connectivity index (χ4v) is 2.56. The first-order chi connectivity index (χ1) is 11.8. The van der Waals surface area contributed by atoms with Crippen molar-refractivity contribution in [3.63, 3.8) is 0 Å². The average molecular weight is 372 g/mol. The lowest BCUT2D eigenvalue weighted by atomic mass is 10.0. The maximum absolute atomic E-state index is 13.7. The molecular formula is C15H15F3N4O2S. The second-order valence-corrected chi connectivity index (χ2v) is 6.42. The summed E-state index contributed by atoms with van der Waals surface area (Å²) >= 11 is 0.539. The molecule has 0 saturated carbocycles. The quantitative estimate of drug-likeness (QED) is 0.816. The lowest BCUT2D eigenvalue weighted by Crippen LogP contribution is -2.47. The molecule has 0 aliphatic carbocycles. The summed E-state index contributed by atoms with van der Waals surface area (Å²) in [4.78, 5) is 24.5. The van der Waals surface area contributed by atoms with Crippen LogP contribution in [0.4, 0.5) is 18.3 Å². The Bertz CT molecular complexity index is 767. The number of alkyl halides is 2. The van der Waals surface area contributed by atoms with E-state index >= 15 is 0 Å². The van der Waals surface area contributed by atoms with Crippen LogP contribution in [0.15, 0.2) is 24.3 Å². The Hall–Kier alpha value is -2.49. The molecule has 2 N–H and O–H groups in total. The predicted octanol–water partition coefficient (Wildman–Crippen LogP) is 3.01. The van der Waals surface area contributed by atoms with Crippen molar-refractivity contribution in [2.45, 2.75) is 26.3 Å². The number of rotatable bonds is 6. The van der Waals surface area contributed by atoms with Crippen LogP contribution in [0.1, 0.15) is 35.6 Å². The third kappa shape index (κ3) is 4.75. The Labute approximate surface area is 145 Å². The fourth-order valence-electron chi connectivity index (χ4n) is 1.96. The number of hydrogen-bond acceptors (Lipinski definition) is 5. The van der Waals surface area contributed by atoms with Crippen LogP contribution in [0, 0.1) is 11.7 Å². The minimum absolute atomic E-state index is 0.105. The topological polar surface area (TPSA) is 84.0 Å². The van der Waals surface area contributed by atoms with Gasteiger partial charge in [0.25, 0.3) is 12.3 Å². The molecule has 0 aliphatic rings. The smallest absolute Gasteiger partial charge is 0.291 e. The summed E-state index contributed by atoms with van der Waals surface area (Å²) in [7, 11) is 0. The number of anilines is 1. The van der Waals surface area contributed by atoms with Crippen molar-refractivity contribution in [3.05, 3.63) is 40.7 Å². The first-order valence-electron chi connectivity index (χ1n) is 7.27. The minimum Gasteiger partial charge on any atom is -0.340 e. The summed E-state index contributed by atoms with van der Waals surface area (Å²) in [6.45, 7) is 3.35. The highest BCUT2D eigenvalue weighted by Crippen LogP contribution is 2.25. The number of hydrogen-bond donors (Lipinski definition) is 2. The molecule has 6 nitrogen and oxygen atoms in total. The lowest BCUT2D eigenvalue weighted by molar-refractivity contribution is -0.118. The van der Waals surface area contributed by atoms with Crippen molar-refractivity contribution < 1.29 is 22.8 Å². The third-order valence-electron chi connectivity index (χ3n) is 3.21. The highest BCUT2D eigenvalue weighted by molar-refractivity contribution is 7.15. The minimum atomic E-state index is -2.79. The molecule has 1 atom stereocenters. The van der Waals surface area contributed by atoms with Crippen molar-refractivity contribution in [2.24, 2.45) is 5.92 Å². The van der Waals surface area contributed by atoms with Crippen LogP contribution in [0.5, 0.6) is 0 Å². The SMILES string of the molecule is CC(C)C(NC(=O)c1ccccc1F)C(=O)Nc1nnc(C(F)F)s1. The summed E-state index contributed by atoms with van der Waals surface area (Å²) in [6.07, 6.45) is -2.79. The Balaban J connectivity index is 2.10. The number of nitrogens with zero attached hydrogens (tertiary/aromatic N) is 2. The first-order valence-corrected chi connectivity index (χ1v) is 8.09. The average Bonchev–Trinajstić information content (AvgIpc) is 3.01. The van der Waals surface area contributed by atoms with Gasteiger partial charge in [0.2, 0.25) is 11.0 Å². The number of carbonyl (C=O) groups is 2. The second kappa shape index (κ2) is 8.06. The molecule has 10 heteroatoms. The van der Waals surface area contributed by atoms with Gasteiger partial charge in [0.15, 0.2) is 5.01 Å². The largest absolute Gasteiger partial charge is 0.340 e. The van der Waals surface area contributed by atoms with Gasteiger partial charge < -0.3 is 5.32 Å². The molecule has 0 fully saturated rings. The zero-order valence-electron chi connectivity index (χ0n) is 13.3. The van der Waals surface area contributed by atoms with Gasteiger partial charge in [-0.1, -0.05) is 37.3 Å². The number of aromatic nitrogens is 2. The zero-order chi connectivity index (χ0) is 18.6. The van der Waals surface area contributed by atoms with Gasteiger partial charge in [-0.05, 0) is 18.1 Å². The van der Waals surface area contributed by atoms with E-state index in [-0.39, 0.29) is 16.6 Å². The summed E-state index contributed by atoms with van der Waals surface area (Å²) < 4.78 is 38.7. The number of benzene rings is 1. The van der Waals surface area contributed by atoms with Gasteiger partial charge in [0, 0.05) is 0 Å². The number of nitrogens with one attached hydrogen (secondary N) is 2. The van der Waals surface area contributed by atoms with Crippen LogP contribution < -0.4 is 10.6 Å². The number of carbonyl (C=O) groups excluding carboxylic acids is 2. The Morgan fingerprint density at radius 2 is 1.84 bits per heavy atom. The summed E-state index contributed by atoms with van der Waals surface area (Å²) in [5, 5.41) is 10.9. The molecule has 0 spiro atoms. The summed E-state index contributed by atoms with van der Waals surface area (Å²) in [5.41, 5.74) is -0.197. The monoisotopic (exact) mass is 372 g/mol. The van der Waals surface area contributed by atoms with Crippen molar-refractivity contribution in [1.29, 1.82) is 0 Å². The fraction of sp³-hybridized carbons (Fsp3) is 0.333. The van der Waals surface area contributed by atoms with Crippen molar-refractivity contribution in [2.75, 3.05) is 5.32 Å². The Morgan fingerprint density at radius 1 is 1.16 bits per heavy atom. The lowest BCUT2D eigenvalue weighted by Gasteiger charge is -2.21. The third-order valence-corrected chi connectivity index (χ3v) is 4.06. The highest BCUT2D eigenvalue weighted by Gasteiger charge is 2.27. The first kappa shape index (κ1) is 18.8. The van der Waals surface area contributed by atoms with Gasteiger partial charge >= 0.3 is 0 Å². The van der Waals surface area contributed by atoms with Gasteiger partial charge in [-0.2, -0.15) is 0 Å². The van der Waals surface area contributed by atoms with Gasteiger partial charge in [-0.15, -0.1) is 10.2 Å². The molecule has 2 amide bonds. The second-order valence-electron chi connectivity index (χ2n) is 5.41. The van der Waals surface area contributed by atoms with Crippen LogP contribution in [0.3, 0.4) is 0 Å². The number of halogens is 3. The molecule has 0 bridgehead atoms. The van der Waals surface area contributed by atoms with E-state index < -0.39 is 35.1 Å². The van der Waals surface area contributed by atoms with Crippen LogP contribution in [0.25, 0.3) is 0 Å². The standard InChI is InChI=1S/C15H15F3N4O2S/c1-7(2)10(19-12(23)8-5-3-4-6-9(8)16)13(24)20-15-22-21-14(25-15)11(17)18/h3-7,10-11H,1-2H3,(H,19,23)(H,20,22,24). The van der Waals surface area contributed by atoms with E-state index in [1.807, 2.05) is 0 Å². The van der Waals surface area contributed by atoms with Crippen LogP contribution >= 0.6 is 11.3 Å². The molecule has 1 unspecified atom stereocenters. The molecule has 1 heterocycles. The van der Waals surface area contributed by atoms with Crippen molar-refractivity contribution >= 4 is 28.3 Å². The van der Waals surface area contributed by atoms with Crippen LogP contribution in [-0.2, 0) is 4.79 Å². The molecule has 0 aliphatic heterocycles. The summed E-state index contributed by atoms with van der Waals surface area (Å²) in [5.74, 6) is -2.46. The van der Waals surface area contributed by atoms with Gasteiger partial charge in [0.1, 0.15) is 11.9 Å². The van der Waals surface area contributed by atoms with Gasteiger partial charge in [0.05, 0.1) is 5.56 Å². The van der Waals surface area contributed by atoms with E-state index in [0.29, 0.717) is 11.3 Å². The van der Waals surface area contributed by atoms with Crippen molar-refractivity contribution in [3.8, 4) is 0 Å². The maximum atomic E-state index is 13.7. The molecule has 0 radical (unpaired) electrons. The Morgan fingerprint density at radius 3 is 2.40 bits per heavy atom. The highest BCUT2D eigenvalue weighted by atomic mass is 32.1. The van der Waals surface area contributed by atoms with E-state index in [1.54, 1.807) is 13.8 Å². The van der Waals surface area contributed by atoms with Crippen LogP contribution in [0.2, 0.25) is 0 Å². The van der Waals surface area contributed by atoms with Crippen molar-refractivity contribution in [1.82, 2.24) is 15.5 Å². The molecule has 1 aromatic heterocycles. The zero-order valence-corrected chi connectivity index (χ0v) is 14.1. The molecule has 1 aromatic carbocycles. The Kier molecular flexibility index (Phi) is 6.07. The molecule has 25 heavy (non-hydrogen) atoms. The maximum Gasteiger partial charge on any atom is 0.291 e. The molecule has 2 aromatic rings. The number of amides is 2. The van der Waals surface area contributed by atoms with E-state index in [4.69, 9.17) is 0 Å². The molecule has 0 saturated heterocycles. The van der Waals surface area contributed by atoms with E-state index in [9.17, 15) is 22.8 Å². The van der Waals surface area contributed by atoms with E-state index in [0.717, 1.165) is 6.07 Å². The van der Waals surface area contributed by atoms with E-state index in [2.05, 4.69) is 20.8 Å².